The Balaban J connectivity index is 1.90. The molecule has 0 saturated carbocycles. The molecule has 0 fully saturated rings. The molecule has 0 bridgehead atoms. The maximum atomic E-state index is 12.0. The van der Waals surface area contributed by atoms with Crippen LogP contribution in [-0.2, 0) is 6.42 Å². The number of thiophene rings is 1. The number of hydrogen-bond acceptors (Lipinski definition) is 6. The van der Waals surface area contributed by atoms with E-state index in [1.54, 1.807) is 11.3 Å². The van der Waals surface area contributed by atoms with Crippen LogP contribution in [0.25, 0.3) is 0 Å². The van der Waals surface area contributed by atoms with Crippen LogP contribution in [0.5, 0.6) is 0 Å². The molecule has 108 valence electrons. The third kappa shape index (κ3) is 3.94. The highest BCUT2D eigenvalue weighted by atomic mass is 32.1. The van der Waals surface area contributed by atoms with Gasteiger partial charge in [-0.15, -0.1) is 11.3 Å². The van der Waals surface area contributed by atoms with Crippen molar-refractivity contribution in [3.05, 3.63) is 27.3 Å². The molecule has 0 unspecified atom stereocenters. The van der Waals surface area contributed by atoms with Crippen molar-refractivity contribution >= 4 is 39.5 Å². The van der Waals surface area contributed by atoms with Crippen molar-refractivity contribution in [2.45, 2.75) is 26.3 Å². The van der Waals surface area contributed by atoms with Crippen LogP contribution in [0.2, 0.25) is 0 Å². The Morgan fingerprint density at radius 3 is 2.95 bits per heavy atom. The van der Waals surface area contributed by atoms with E-state index in [0.717, 1.165) is 6.42 Å². The van der Waals surface area contributed by atoms with Crippen molar-refractivity contribution in [2.75, 3.05) is 17.6 Å². The number of anilines is 2. The standard InChI is InChI=1S/C13H18N4OS2/c1-8(2)16-13-17-11(14)10(20-13)12(18)15-6-5-9-4-3-7-19-9/h3-4,7-8H,5-6,14H2,1-2H3,(H,15,18)(H,16,17). The summed E-state index contributed by atoms with van der Waals surface area (Å²) in [5, 5.41) is 8.73. The number of carbonyl (C=O) groups excluding carboxylic acids is 1. The molecule has 0 atom stereocenters. The average molecular weight is 310 g/mol. The van der Waals surface area contributed by atoms with Crippen molar-refractivity contribution in [2.24, 2.45) is 0 Å². The molecule has 5 nitrogen and oxygen atoms in total. The second-order valence-electron chi connectivity index (χ2n) is 4.62. The van der Waals surface area contributed by atoms with Gasteiger partial charge in [-0.2, -0.15) is 0 Å². The average Bonchev–Trinajstić information content (AvgIpc) is 2.98. The summed E-state index contributed by atoms with van der Waals surface area (Å²) in [6.45, 7) is 4.63. The monoisotopic (exact) mass is 310 g/mol. The molecule has 7 heteroatoms. The van der Waals surface area contributed by atoms with Gasteiger partial charge in [-0.3, -0.25) is 4.79 Å². The Hall–Kier alpha value is -1.60. The molecule has 1 amide bonds. The highest BCUT2D eigenvalue weighted by molar-refractivity contribution is 7.18. The molecule has 20 heavy (non-hydrogen) atoms. The van der Waals surface area contributed by atoms with E-state index in [9.17, 15) is 4.79 Å². The van der Waals surface area contributed by atoms with Gasteiger partial charge in [-0.1, -0.05) is 17.4 Å². The van der Waals surface area contributed by atoms with Crippen LogP contribution >= 0.6 is 22.7 Å². The Labute approximate surface area is 126 Å². The minimum Gasteiger partial charge on any atom is -0.382 e. The minimum atomic E-state index is -0.159. The number of carbonyl (C=O) groups is 1. The molecule has 0 saturated heterocycles. The van der Waals surface area contributed by atoms with Crippen LogP contribution in [0.15, 0.2) is 17.5 Å². The van der Waals surface area contributed by atoms with Crippen LogP contribution < -0.4 is 16.4 Å². The first-order valence-corrected chi connectivity index (χ1v) is 8.09. The summed E-state index contributed by atoms with van der Waals surface area (Å²) in [7, 11) is 0. The van der Waals surface area contributed by atoms with Gasteiger partial charge in [0.25, 0.3) is 5.91 Å². The molecular weight excluding hydrogens is 292 g/mol. The highest BCUT2D eigenvalue weighted by Gasteiger charge is 2.16. The molecule has 0 aromatic carbocycles. The van der Waals surface area contributed by atoms with E-state index in [2.05, 4.69) is 21.7 Å². The quantitative estimate of drug-likeness (QED) is 0.766. The van der Waals surface area contributed by atoms with Crippen molar-refractivity contribution in [1.29, 1.82) is 0 Å². The number of nitrogens with two attached hydrogens (primary N) is 1. The van der Waals surface area contributed by atoms with Crippen LogP contribution in [0, 0.1) is 0 Å². The van der Waals surface area contributed by atoms with Crippen LogP contribution in [0.4, 0.5) is 10.9 Å². The number of nitrogens with one attached hydrogen (secondary N) is 2. The SMILES string of the molecule is CC(C)Nc1nc(N)c(C(=O)NCCc2cccs2)s1. The van der Waals surface area contributed by atoms with Crippen LogP contribution in [-0.4, -0.2) is 23.5 Å². The Morgan fingerprint density at radius 1 is 1.50 bits per heavy atom. The number of thiazole rings is 1. The lowest BCUT2D eigenvalue weighted by molar-refractivity contribution is 0.0959. The molecule has 2 rings (SSSR count). The first-order valence-electron chi connectivity index (χ1n) is 6.39. The van der Waals surface area contributed by atoms with E-state index < -0.39 is 0 Å². The first kappa shape index (κ1) is 14.8. The zero-order chi connectivity index (χ0) is 14.5. The molecule has 2 aromatic rings. The number of aromatic nitrogens is 1. The normalized spacial score (nSPS) is 10.8. The highest BCUT2D eigenvalue weighted by Crippen LogP contribution is 2.25. The summed E-state index contributed by atoms with van der Waals surface area (Å²) >= 11 is 2.98. The largest absolute Gasteiger partial charge is 0.382 e. The molecule has 2 aromatic heterocycles. The third-order valence-corrected chi connectivity index (χ3v) is 4.45. The van der Waals surface area contributed by atoms with Crippen LogP contribution in [0.3, 0.4) is 0 Å². The predicted octanol–water partition coefficient (Wildman–Crippen LogP) is 2.58. The fraction of sp³-hybridized carbons (Fsp3) is 0.385. The summed E-state index contributed by atoms with van der Waals surface area (Å²) in [5.41, 5.74) is 5.78. The van der Waals surface area contributed by atoms with Crippen LogP contribution in [0.1, 0.15) is 28.4 Å². The Kier molecular flexibility index (Phi) is 4.97. The second-order valence-corrected chi connectivity index (χ2v) is 6.65. The van der Waals surface area contributed by atoms with Crippen molar-refractivity contribution < 1.29 is 4.79 Å². The summed E-state index contributed by atoms with van der Waals surface area (Å²) in [6, 6.07) is 4.32. The number of amides is 1. The van der Waals surface area contributed by atoms with Crippen molar-refractivity contribution in [1.82, 2.24) is 10.3 Å². The van der Waals surface area contributed by atoms with Crippen molar-refractivity contribution in [3.8, 4) is 0 Å². The van der Waals surface area contributed by atoms with E-state index in [-0.39, 0.29) is 17.8 Å². The maximum absolute atomic E-state index is 12.0. The van der Waals surface area contributed by atoms with Crippen molar-refractivity contribution in [3.63, 3.8) is 0 Å². The van der Waals surface area contributed by atoms with E-state index in [0.29, 0.717) is 16.6 Å². The molecule has 0 aliphatic heterocycles. The van der Waals surface area contributed by atoms with Gasteiger partial charge in [0.15, 0.2) is 5.13 Å². The van der Waals surface area contributed by atoms with Gasteiger partial charge in [0.1, 0.15) is 10.7 Å². The smallest absolute Gasteiger partial charge is 0.265 e. The van der Waals surface area contributed by atoms with Gasteiger partial charge >= 0.3 is 0 Å². The molecular formula is C13H18N4OS2. The first-order chi connectivity index (χ1) is 9.56. The molecule has 0 aliphatic carbocycles. The summed E-state index contributed by atoms with van der Waals surface area (Å²) in [6.07, 6.45) is 0.833. The number of nitrogen functional groups attached to an aromatic ring is 1. The lowest BCUT2D eigenvalue weighted by Gasteiger charge is -2.04. The molecule has 2 heterocycles. The van der Waals surface area contributed by atoms with Gasteiger partial charge in [-0.25, -0.2) is 4.98 Å². The Morgan fingerprint density at radius 2 is 2.30 bits per heavy atom. The number of rotatable bonds is 6. The summed E-state index contributed by atoms with van der Waals surface area (Å²) in [5.74, 6) is 0.125. The Bertz CT molecular complexity index is 563. The lowest BCUT2D eigenvalue weighted by atomic mass is 10.3. The van der Waals surface area contributed by atoms with E-state index in [1.807, 2.05) is 25.3 Å². The third-order valence-electron chi connectivity index (χ3n) is 2.51. The molecule has 0 aliphatic rings. The van der Waals surface area contributed by atoms with Gasteiger partial charge in [0, 0.05) is 17.5 Å². The van der Waals surface area contributed by atoms with Gasteiger partial charge in [-0.05, 0) is 31.7 Å². The predicted molar refractivity (Wildman–Crippen MR) is 85.6 cm³/mol. The van der Waals surface area contributed by atoms with Gasteiger partial charge in [0.2, 0.25) is 0 Å². The topological polar surface area (TPSA) is 80.0 Å². The second kappa shape index (κ2) is 6.71. The summed E-state index contributed by atoms with van der Waals surface area (Å²) in [4.78, 5) is 17.9. The lowest BCUT2D eigenvalue weighted by Crippen LogP contribution is -2.25. The number of nitrogens with zero attached hydrogens (tertiary/aromatic N) is 1. The van der Waals surface area contributed by atoms with E-state index >= 15 is 0 Å². The van der Waals surface area contributed by atoms with Gasteiger partial charge < -0.3 is 16.4 Å². The zero-order valence-electron chi connectivity index (χ0n) is 11.5. The number of hydrogen-bond donors (Lipinski definition) is 3. The molecule has 4 N–H and O–H groups in total. The fourth-order valence-corrected chi connectivity index (χ4v) is 3.29. The van der Waals surface area contributed by atoms with E-state index in [4.69, 9.17) is 5.73 Å². The maximum Gasteiger partial charge on any atom is 0.265 e. The molecule has 0 radical (unpaired) electrons. The minimum absolute atomic E-state index is 0.159. The van der Waals surface area contributed by atoms with E-state index in [1.165, 1.54) is 16.2 Å². The summed E-state index contributed by atoms with van der Waals surface area (Å²) < 4.78 is 0. The van der Waals surface area contributed by atoms with Gasteiger partial charge in [0.05, 0.1) is 0 Å². The fourth-order valence-electron chi connectivity index (χ4n) is 1.64. The zero-order valence-corrected chi connectivity index (χ0v) is 13.1. The molecule has 0 spiro atoms.